The second kappa shape index (κ2) is 7.82. The van der Waals surface area contributed by atoms with Crippen LogP contribution in [0.15, 0.2) is 30.3 Å². The molecule has 0 spiro atoms. The maximum absolute atomic E-state index is 9.65. The van der Waals surface area contributed by atoms with Crippen LogP contribution in [0.5, 0.6) is 0 Å². The Morgan fingerprint density at radius 3 is 2.56 bits per heavy atom. The molecule has 27 heavy (non-hydrogen) atoms. The number of hydrogen-bond acceptors (Lipinski definition) is 6. The summed E-state index contributed by atoms with van der Waals surface area (Å²) in [4.78, 5) is 13.8. The summed E-state index contributed by atoms with van der Waals surface area (Å²) in [5, 5.41) is 9.65. The summed E-state index contributed by atoms with van der Waals surface area (Å²) in [6, 6.07) is 10.9. The Hall–Kier alpha value is -2.18. The summed E-state index contributed by atoms with van der Waals surface area (Å²) in [7, 11) is 2.07. The first-order chi connectivity index (χ1) is 13.1. The van der Waals surface area contributed by atoms with E-state index in [1.807, 2.05) is 4.90 Å². The predicted octanol–water partition coefficient (Wildman–Crippen LogP) is 2.36. The highest BCUT2D eigenvalue weighted by atomic mass is 16.5. The largest absolute Gasteiger partial charge is 0.389 e. The van der Waals surface area contributed by atoms with Gasteiger partial charge in [0.05, 0.1) is 18.4 Å². The Labute approximate surface area is 160 Å². The summed E-state index contributed by atoms with van der Waals surface area (Å²) >= 11 is 0. The smallest absolute Gasteiger partial charge is 0.227 e. The van der Waals surface area contributed by atoms with Gasteiger partial charge in [0.1, 0.15) is 5.82 Å². The number of aliphatic hydroxyl groups is 1. The minimum absolute atomic E-state index is 0.273. The molecule has 0 saturated carbocycles. The van der Waals surface area contributed by atoms with Crippen molar-refractivity contribution in [1.82, 2.24) is 9.97 Å². The second-order valence-corrected chi connectivity index (χ2v) is 7.60. The van der Waals surface area contributed by atoms with Crippen LogP contribution >= 0.6 is 0 Å². The highest BCUT2D eigenvalue weighted by Gasteiger charge is 2.29. The molecule has 1 aromatic heterocycles. The van der Waals surface area contributed by atoms with E-state index in [-0.39, 0.29) is 6.10 Å². The number of aryl methyl sites for hydroxylation is 1. The van der Waals surface area contributed by atoms with Crippen LogP contribution in [-0.4, -0.2) is 54.5 Å². The van der Waals surface area contributed by atoms with Crippen LogP contribution in [0.3, 0.4) is 0 Å². The van der Waals surface area contributed by atoms with E-state index in [2.05, 4.69) is 49.2 Å². The van der Waals surface area contributed by atoms with E-state index in [0.29, 0.717) is 25.0 Å². The molecule has 4 rings (SSSR count). The SMILES string of the molecule is CCc1ccc(CN(C)c2cc(C3CCOC3)nc(N3CC(O)C3)n2)cc1. The number of hydrogen-bond donors (Lipinski definition) is 1. The summed E-state index contributed by atoms with van der Waals surface area (Å²) in [5.41, 5.74) is 3.66. The summed E-state index contributed by atoms with van der Waals surface area (Å²) < 4.78 is 5.56. The van der Waals surface area contributed by atoms with Gasteiger partial charge in [-0.05, 0) is 24.0 Å². The zero-order chi connectivity index (χ0) is 18.8. The molecule has 0 amide bonds. The molecular formula is C21H28N4O2. The molecule has 2 fully saturated rings. The second-order valence-electron chi connectivity index (χ2n) is 7.60. The lowest BCUT2D eigenvalue weighted by Gasteiger charge is -2.36. The van der Waals surface area contributed by atoms with E-state index in [4.69, 9.17) is 14.7 Å². The molecule has 0 radical (unpaired) electrons. The van der Waals surface area contributed by atoms with Crippen molar-refractivity contribution in [2.45, 2.75) is 38.3 Å². The van der Waals surface area contributed by atoms with Gasteiger partial charge in [0.2, 0.25) is 5.95 Å². The van der Waals surface area contributed by atoms with Crippen molar-refractivity contribution in [3.63, 3.8) is 0 Å². The maximum Gasteiger partial charge on any atom is 0.227 e. The number of anilines is 2. The fraction of sp³-hybridized carbons (Fsp3) is 0.524. The fourth-order valence-electron chi connectivity index (χ4n) is 3.61. The molecule has 1 unspecified atom stereocenters. The van der Waals surface area contributed by atoms with Crippen LogP contribution in [0.2, 0.25) is 0 Å². The molecule has 0 bridgehead atoms. The number of rotatable bonds is 6. The summed E-state index contributed by atoms with van der Waals surface area (Å²) in [6.07, 6.45) is 1.78. The maximum atomic E-state index is 9.65. The van der Waals surface area contributed by atoms with E-state index in [1.54, 1.807) is 0 Å². The highest BCUT2D eigenvalue weighted by molar-refractivity contribution is 5.48. The minimum atomic E-state index is -0.273. The Morgan fingerprint density at radius 1 is 1.19 bits per heavy atom. The number of benzene rings is 1. The molecule has 3 heterocycles. The quantitative estimate of drug-likeness (QED) is 0.845. The molecule has 144 valence electrons. The molecule has 2 aromatic rings. The van der Waals surface area contributed by atoms with Gasteiger partial charge < -0.3 is 19.6 Å². The molecular weight excluding hydrogens is 340 g/mol. The number of aromatic nitrogens is 2. The molecule has 6 heteroatoms. The van der Waals surface area contributed by atoms with Gasteiger partial charge in [0, 0.05) is 45.3 Å². The van der Waals surface area contributed by atoms with E-state index < -0.39 is 0 Å². The van der Waals surface area contributed by atoms with Crippen molar-refractivity contribution in [2.24, 2.45) is 0 Å². The lowest BCUT2D eigenvalue weighted by atomic mass is 10.0. The third-order valence-electron chi connectivity index (χ3n) is 5.46. The number of β-amino-alcohol motifs (C(OH)–C–C–N with tert-alkyl or cyclic N) is 1. The first-order valence-corrected chi connectivity index (χ1v) is 9.81. The van der Waals surface area contributed by atoms with Crippen molar-refractivity contribution in [3.05, 3.63) is 47.2 Å². The molecule has 1 atom stereocenters. The summed E-state index contributed by atoms with van der Waals surface area (Å²) in [6.45, 7) is 5.69. The van der Waals surface area contributed by atoms with E-state index >= 15 is 0 Å². The van der Waals surface area contributed by atoms with E-state index in [1.165, 1.54) is 11.1 Å². The lowest BCUT2D eigenvalue weighted by Crippen LogP contribution is -2.51. The van der Waals surface area contributed by atoms with Gasteiger partial charge in [-0.2, -0.15) is 4.98 Å². The van der Waals surface area contributed by atoms with Gasteiger partial charge in [-0.1, -0.05) is 31.2 Å². The number of ether oxygens (including phenoxy) is 1. The van der Waals surface area contributed by atoms with E-state index in [0.717, 1.165) is 44.1 Å². The van der Waals surface area contributed by atoms with Crippen molar-refractivity contribution >= 4 is 11.8 Å². The Bertz CT molecular complexity index is 768. The Morgan fingerprint density at radius 2 is 1.93 bits per heavy atom. The van der Waals surface area contributed by atoms with Crippen LogP contribution < -0.4 is 9.80 Å². The Kier molecular flexibility index (Phi) is 5.27. The predicted molar refractivity (Wildman–Crippen MR) is 106 cm³/mol. The Balaban J connectivity index is 1.57. The van der Waals surface area contributed by atoms with Crippen molar-refractivity contribution in [1.29, 1.82) is 0 Å². The first-order valence-electron chi connectivity index (χ1n) is 9.81. The molecule has 1 aromatic carbocycles. The number of aliphatic hydroxyl groups excluding tert-OH is 1. The van der Waals surface area contributed by atoms with Crippen LogP contribution in [-0.2, 0) is 17.7 Å². The zero-order valence-corrected chi connectivity index (χ0v) is 16.1. The van der Waals surface area contributed by atoms with E-state index in [9.17, 15) is 5.11 Å². The topological polar surface area (TPSA) is 61.7 Å². The third kappa shape index (κ3) is 4.06. The van der Waals surface area contributed by atoms with Gasteiger partial charge in [0.25, 0.3) is 0 Å². The van der Waals surface area contributed by atoms with Crippen LogP contribution in [0, 0.1) is 0 Å². The lowest BCUT2D eigenvalue weighted by molar-refractivity contribution is 0.140. The van der Waals surface area contributed by atoms with Crippen molar-refractivity contribution < 1.29 is 9.84 Å². The standard InChI is InChI=1S/C21H28N4O2/c1-3-15-4-6-16(7-5-15)11-24(2)20-10-19(17-8-9-27-14-17)22-21(23-20)25-12-18(26)13-25/h4-7,10,17-18,26H,3,8-9,11-14H2,1-2H3. The third-order valence-corrected chi connectivity index (χ3v) is 5.46. The molecule has 0 aliphatic carbocycles. The molecule has 6 nitrogen and oxygen atoms in total. The highest BCUT2D eigenvalue weighted by Crippen LogP contribution is 2.29. The molecule has 1 N–H and O–H groups in total. The van der Waals surface area contributed by atoms with Crippen molar-refractivity contribution in [2.75, 3.05) is 43.2 Å². The number of nitrogens with zero attached hydrogens (tertiary/aromatic N) is 4. The van der Waals surface area contributed by atoms with Crippen LogP contribution in [0.25, 0.3) is 0 Å². The van der Waals surface area contributed by atoms with Crippen LogP contribution in [0.4, 0.5) is 11.8 Å². The summed E-state index contributed by atoms with van der Waals surface area (Å²) in [5.74, 6) is 1.96. The monoisotopic (exact) mass is 368 g/mol. The fourth-order valence-corrected chi connectivity index (χ4v) is 3.61. The first kappa shape index (κ1) is 18.2. The van der Waals surface area contributed by atoms with Crippen LogP contribution in [0.1, 0.15) is 36.1 Å². The average Bonchev–Trinajstić information content (AvgIpc) is 3.20. The van der Waals surface area contributed by atoms with Gasteiger partial charge in [0.15, 0.2) is 0 Å². The molecule has 2 saturated heterocycles. The van der Waals surface area contributed by atoms with Gasteiger partial charge >= 0.3 is 0 Å². The minimum Gasteiger partial charge on any atom is -0.389 e. The normalized spacial score (nSPS) is 20.0. The molecule has 2 aliphatic heterocycles. The average molecular weight is 368 g/mol. The molecule has 2 aliphatic rings. The van der Waals surface area contributed by atoms with Gasteiger partial charge in [-0.25, -0.2) is 4.98 Å². The zero-order valence-electron chi connectivity index (χ0n) is 16.1. The van der Waals surface area contributed by atoms with Crippen molar-refractivity contribution in [3.8, 4) is 0 Å². The van der Waals surface area contributed by atoms with Gasteiger partial charge in [-0.15, -0.1) is 0 Å². The van der Waals surface area contributed by atoms with Gasteiger partial charge in [-0.3, -0.25) is 0 Å².